The molecule has 1 aliphatic heterocycles. The van der Waals surface area contributed by atoms with Crippen LogP contribution in [0, 0.1) is 0 Å². The fourth-order valence-corrected chi connectivity index (χ4v) is 2.01. The van der Waals surface area contributed by atoms with Crippen LogP contribution in [-0.2, 0) is 9.53 Å². The van der Waals surface area contributed by atoms with E-state index in [-0.39, 0.29) is 6.03 Å². The van der Waals surface area contributed by atoms with E-state index in [0.29, 0.717) is 32.7 Å². The first-order valence-corrected chi connectivity index (χ1v) is 6.51. The second kappa shape index (κ2) is 7.78. The Morgan fingerprint density at radius 3 is 2.84 bits per heavy atom. The highest BCUT2D eigenvalue weighted by atomic mass is 16.5. The molecule has 0 aromatic carbocycles. The molecule has 0 saturated carbocycles. The van der Waals surface area contributed by atoms with Gasteiger partial charge in [0.2, 0.25) is 0 Å². The predicted octanol–water partition coefficient (Wildman–Crippen LogP) is 1.23. The van der Waals surface area contributed by atoms with E-state index in [9.17, 15) is 9.59 Å². The van der Waals surface area contributed by atoms with Gasteiger partial charge in [-0.1, -0.05) is 12.2 Å². The average Bonchev–Trinajstić information content (AvgIpc) is 2.37. The highest BCUT2D eigenvalue weighted by Gasteiger charge is 2.31. The lowest BCUT2D eigenvalue weighted by atomic mass is 10.0. The van der Waals surface area contributed by atoms with Crippen LogP contribution < -0.4 is 5.32 Å². The second-order valence-corrected chi connectivity index (χ2v) is 4.78. The zero-order valence-electron chi connectivity index (χ0n) is 11.4. The number of nitrogens with zero attached hydrogens (tertiary/aromatic N) is 1. The summed E-state index contributed by atoms with van der Waals surface area (Å²) in [5, 5.41) is 11.8. The number of rotatable bonds is 6. The van der Waals surface area contributed by atoms with Crippen molar-refractivity contribution in [2.45, 2.75) is 32.2 Å². The quantitative estimate of drug-likeness (QED) is 0.562. The molecule has 1 heterocycles. The Bertz CT molecular complexity index is 344. The highest BCUT2D eigenvalue weighted by Crippen LogP contribution is 2.17. The first kappa shape index (κ1) is 15.5. The van der Waals surface area contributed by atoms with E-state index in [1.807, 2.05) is 6.92 Å². The molecule has 0 spiro atoms. The topological polar surface area (TPSA) is 78.9 Å². The van der Waals surface area contributed by atoms with Crippen molar-refractivity contribution in [3.8, 4) is 0 Å². The number of carboxylic acids is 1. The maximum absolute atomic E-state index is 11.9. The maximum Gasteiger partial charge on any atom is 0.326 e. The molecule has 1 atom stereocenters. The van der Waals surface area contributed by atoms with Gasteiger partial charge in [0, 0.05) is 13.1 Å². The van der Waals surface area contributed by atoms with E-state index in [2.05, 4.69) is 11.9 Å². The average molecular weight is 270 g/mol. The van der Waals surface area contributed by atoms with Crippen molar-refractivity contribution in [2.24, 2.45) is 0 Å². The smallest absolute Gasteiger partial charge is 0.326 e. The largest absolute Gasteiger partial charge is 0.480 e. The molecule has 1 unspecified atom stereocenters. The lowest BCUT2D eigenvalue weighted by Gasteiger charge is -2.32. The van der Waals surface area contributed by atoms with Crippen LogP contribution in [0.5, 0.6) is 0 Å². The van der Waals surface area contributed by atoms with Gasteiger partial charge in [-0.05, 0) is 26.2 Å². The van der Waals surface area contributed by atoms with Crippen molar-refractivity contribution in [1.82, 2.24) is 10.2 Å². The molecule has 6 nitrogen and oxygen atoms in total. The lowest BCUT2D eigenvalue weighted by Crippen LogP contribution is -2.52. The number of ether oxygens (including phenoxy) is 1. The molecule has 1 fully saturated rings. The number of hydrogen-bond donors (Lipinski definition) is 2. The summed E-state index contributed by atoms with van der Waals surface area (Å²) in [4.78, 5) is 24.3. The highest BCUT2D eigenvalue weighted by molar-refractivity contribution is 5.82. The maximum atomic E-state index is 11.9. The summed E-state index contributed by atoms with van der Waals surface area (Å²) in [6.07, 6.45) is 2.22. The molecular weight excluding hydrogens is 248 g/mol. The van der Waals surface area contributed by atoms with E-state index in [1.165, 1.54) is 4.90 Å². The van der Waals surface area contributed by atoms with Crippen LogP contribution in [0.15, 0.2) is 12.2 Å². The molecule has 2 amide bonds. The molecule has 0 bridgehead atoms. The van der Waals surface area contributed by atoms with Crippen LogP contribution in [-0.4, -0.2) is 54.4 Å². The van der Waals surface area contributed by atoms with E-state index in [1.54, 1.807) is 0 Å². The molecule has 0 radical (unpaired) electrons. The van der Waals surface area contributed by atoms with Crippen molar-refractivity contribution in [2.75, 3.05) is 26.3 Å². The number of carbonyl (C=O) groups is 2. The lowest BCUT2D eigenvalue weighted by molar-refractivity contribution is -0.143. The summed E-state index contributed by atoms with van der Waals surface area (Å²) in [5.74, 6) is -0.937. The monoisotopic (exact) mass is 270 g/mol. The molecule has 1 saturated heterocycles. The van der Waals surface area contributed by atoms with Crippen LogP contribution in [0.4, 0.5) is 4.79 Å². The molecule has 0 aromatic heterocycles. The van der Waals surface area contributed by atoms with Crippen molar-refractivity contribution < 1.29 is 19.4 Å². The van der Waals surface area contributed by atoms with Gasteiger partial charge in [0.25, 0.3) is 0 Å². The number of likely N-dealkylation sites (tertiary alicyclic amines) is 1. The van der Waals surface area contributed by atoms with Crippen LogP contribution in [0.3, 0.4) is 0 Å². The Kier molecular flexibility index (Phi) is 6.35. The Morgan fingerprint density at radius 2 is 2.21 bits per heavy atom. The Hall–Kier alpha value is -1.56. The number of carbonyl (C=O) groups excluding carboxylic acids is 1. The van der Waals surface area contributed by atoms with E-state index >= 15 is 0 Å². The standard InChI is InChI=1S/C13H22N2O4/c1-10(2)9-19-8-6-14-13(18)15-7-4-3-5-11(15)12(16)17/h11H,1,3-9H2,2H3,(H,14,18)(H,16,17). The first-order chi connectivity index (χ1) is 9.02. The number of urea groups is 1. The number of carboxylic acid groups (broad SMARTS) is 1. The first-order valence-electron chi connectivity index (χ1n) is 6.51. The van der Waals surface area contributed by atoms with Crippen LogP contribution in [0.1, 0.15) is 26.2 Å². The molecule has 0 aliphatic carbocycles. The predicted molar refractivity (Wildman–Crippen MR) is 71.0 cm³/mol. The molecule has 6 heteroatoms. The zero-order valence-corrected chi connectivity index (χ0v) is 11.4. The van der Waals surface area contributed by atoms with Gasteiger partial charge in [-0.15, -0.1) is 0 Å². The van der Waals surface area contributed by atoms with Gasteiger partial charge in [0.1, 0.15) is 6.04 Å². The van der Waals surface area contributed by atoms with E-state index in [4.69, 9.17) is 9.84 Å². The van der Waals surface area contributed by atoms with Gasteiger partial charge in [0.05, 0.1) is 13.2 Å². The molecular formula is C13H22N2O4. The number of piperidine rings is 1. The number of amides is 2. The molecule has 1 rings (SSSR count). The molecule has 0 aromatic rings. The van der Waals surface area contributed by atoms with Crippen molar-refractivity contribution in [3.63, 3.8) is 0 Å². The fourth-order valence-electron chi connectivity index (χ4n) is 2.01. The minimum absolute atomic E-state index is 0.328. The SMILES string of the molecule is C=C(C)COCCNC(=O)N1CCCCC1C(=O)O. The summed E-state index contributed by atoms with van der Waals surface area (Å²) in [6, 6.07) is -1.03. The summed E-state index contributed by atoms with van der Waals surface area (Å²) in [6.45, 7) is 7.30. The number of aliphatic carboxylic acids is 1. The Morgan fingerprint density at radius 1 is 1.47 bits per heavy atom. The van der Waals surface area contributed by atoms with E-state index < -0.39 is 12.0 Å². The van der Waals surface area contributed by atoms with Gasteiger partial charge >= 0.3 is 12.0 Å². The van der Waals surface area contributed by atoms with E-state index in [0.717, 1.165) is 18.4 Å². The molecule has 108 valence electrons. The minimum Gasteiger partial charge on any atom is -0.480 e. The summed E-state index contributed by atoms with van der Waals surface area (Å²) in [5.41, 5.74) is 0.924. The number of nitrogens with one attached hydrogen (secondary N) is 1. The van der Waals surface area contributed by atoms with Crippen LogP contribution >= 0.6 is 0 Å². The molecule has 19 heavy (non-hydrogen) atoms. The Balaban J connectivity index is 2.30. The van der Waals surface area contributed by atoms with Crippen molar-refractivity contribution in [1.29, 1.82) is 0 Å². The molecule has 2 N–H and O–H groups in total. The zero-order chi connectivity index (χ0) is 14.3. The van der Waals surface area contributed by atoms with Crippen molar-refractivity contribution >= 4 is 12.0 Å². The van der Waals surface area contributed by atoms with Gasteiger partial charge < -0.3 is 20.1 Å². The normalized spacial score (nSPS) is 19.0. The van der Waals surface area contributed by atoms with Crippen molar-refractivity contribution in [3.05, 3.63) is 12.2 Å². The summed E-state index contributed by atoms with van der Waals surface area (Å²) >= 11 is 0. The van der Waals surface area contributed by atoms with Gasteiger partial charge in [0.15, 0.2) is 0 Å². The van der Waals surface area contributed by atoms with Crippen LogP contribution in [0.25, 0.3) is 0 Å². The summed E-state index contributed by atoms with van der Waals surface area (Å²) in [7, 11) is 0. The van der Waals surface area contributed by atoms with Gasteiger partial charge in [-0.25, -0.2) is 9.59 Å². The fraction of sp³-hybridized carbons (Fsp3) is 0.692. The molecule has 1 aliphatic rings. The third kappa shape index (κ3) is 5.30. The Labute approximate surface area is 113 Å². The number of hydrogen-bond acceptors (Lipinski definition) is 3. The summed E-state index contributed by atoms with van der Waals surface area (Å²) < 4.78 is 5.26. The minimum atomic E-state index is -0.937. The third-order valence-electron chi connectivity index (χ3n) is 2.92. The third-order valence-corrected chi connectivity index (χ3v) is 2.92. The van der Waals surface area contributed by atoms with Gasteiger partial charge in [-0.2, -0.15) is 0 Å². The van der Waals surface area contributed by atoms with Gasteiger partial charge in [-0.3, -0.25) is 0 Å². The second-order valence-electron chi connectivity index (χ2n) is 4.78. The van der Waals surface area contributed by atoms with Crippen LogP contribution in [0.2, 0.25) is 0 Å².